The summed E-state index contributed by atoms with van der Waals surface area (Å²) >= 11 is 1.48. The summed E-state index contributed by atoms with van der Waals surface area (Å²) in [5.74, 6) is -4.61. The number of carbonyl (C=O) groups is 5. The molecule has 2 aromatic carbocycles. The summed E-state index contributed by atoms with van der Waals surface area (Å²) in [6, 6.07) is 8.88. The third kappa shape index (κ3) is 11.3. The molecule has 0 aliphatic rings. The predicted octanol–water partition coefficient (Wildman–Crippen LogP) is 0.579. The van der Waals surface area contributed by atoms with E-state index in [1.807, 2.05) is 20.1 Å². The van der Waals surface area contributed by atoms with Crippen LogP contribution in [-0.4, -0.2) is 82.9 Å². The standard InChI is InChI=1S/C31H43N5O7S/c1-18-13-21(37)14-19(2)23(18)16-24(33)29(40)36-25(10-12-44-3)30(41)34-17-27(38)35-26(15-20-7-5-4-6-8-20)28(39)22(9-11-32)31(42)43/h4-8,13-14,22,24-26,37H,9-12,15-17,32-33H2,1-3H3,(H,34,41)(H,35,38)(H,36,40)(H,42,43)/t22?,24-,25+,26-/m0/s1. The fourth-order valence-corrected chi connectivity index (χ4v) is 5.27. The molecule has 13 heteroatoms. The van der Waals surface area contributed by atoms with Crippen LogP contribution < -0.4 is 27.4 Å². The van der Waals surface area contributed by atoms with E-state index < -0.39 is 60.1 Å². The molecule has 0 bridgehead atoms. The summed E-state index contributed by atoms with van der Waals surface area (Å²) in [5.41, 5.74) is 14.8. The lowest BCUT2D eigenvalue weighted by atomic mass is 9.91. The number of phenolic OH excluding ortho intramolecular Hbond substituents is 1. The zero-order chi connectivity index (χ0) is 32.8. The zero-order valence-electron chi connectivity index (χ0n) is 25.3. The number of aromatic hydroxyl groups is 1. The number of rotatable bonds is 18. The van der Waals surface area contributed by atoms with Gasteiger partial charge >= 0.3 is 5.97 Å². The first-order valence-corrected chi connectivity index (χ1v) is 15.7. The molecule has 0 saturated carbocycles. The third-order valence-corrected chi connectivity index (χ3v) is 7.81. The second-order valence-electron chi connectivity index (χ2n) is 10.6. The van der Waals surface area contributed by atoms with Gasteiger partial charge in [-0.15, -0.1) is 0 Å². The number of nitrogens with one attached hydrogen (secondary N) is 3. The van der Waals surface area contributed by atoms with Gasteiger partial charge in [-0.2, -0.15) is 11.8 Å². The smallest absolute Gasteiger partial charge is 0.314 e. The molecule has 12 nitrogen and oxygen atoms in total. The summed E-state index contributed by atoms with van der Waals surface area (Å²) in [7, 11) is 0. The molecule has 3 amide bonds. The first-order chi connectivity index (χ1) is 20.9. The largest absolute Gasteiger partial charge is 0.508 e. The Morgan fingerprint density at radius 3 is 2.11 bits per heavy atom. The molecule has 0 saturated heterocycles. The van der Waals surface area contributed by atoms with Gasteiger partial charge in [0.2, 0.25) is 17.7 Å². The van der Waals surface area contributed by atoms with E-state index in [-0.39, 0.29) is 38.0 Å². The number of ketones is 1. The van der Waals surface area contributed by atoms with Gasteiger partial charge in [-0.25, -0.2) is 0 Å². The Morgan fingerprint density at radius 1 is 0.909 bits per heavy atom. The van der Waals surface area contributed by atoms with Gasteiger partial charge in [0.1, 0.15) is 17.7 Å². The Bertz CT molecular complexity index is 1280. The van der Waals surface area contributed by atoms with Gasteiger partial charge in [-0.3, -0.25) is 24.0 Å². The number of hydrogen-bond acceptors (Lipinski definition) is 9. The van der Waals surface area contributed by atoms with E-state index in [0.29, 0.717) is 11.3 Å². The monoisotopic (exact) mass is 629 g/mol. The van der Waals surface area contributed by atoms with Crippen LogP contribution in [0.1, 0.15) is 35.1 Å². The summed E-state index contributed by atoms with van der Waals surface area (Å²) in [6.45, 7) is 3.09. The fourth-order valence-electron chi connectivity index (χ4n) is 4.79. The van der Waals surface area contributed by atoms with Gasteiger partial charge in [0, 0.05) is 0 Å². The maximum atomic E-state index is 13.1. The van der Waals surface area contributed by atoms with E-state index in [2.05, 4.69) is 16.0 Å². The van der Waals surface area contributed by atoms with Crippen LogP contribution in [0.25, 0.3) is 0 Å². The van der Waals surface area contributed by atoms with Crippen LogP contribution in [0.4, 0.5) is 0 Å². The SMILES string of the molecule is CSCC[C@@H](NC(=O)[C@@H](N)Cc1c(C)cc(O)cc1C)C(=O)NCC(=O)N[C@@H](Cc1ccccc1)C(=O)C(CCN)C(=O)O. The number of aryl methyl sites for hydroxylation is 2. The molecular formula is C31H43N5O7S. The number of benzene rings is 2. The van der Waals surface area contributed by atoms with Crippen LogP contribution in [0.3, 0.4) is 0 Å². The molecule has 0 spiro atoms. The summed E-state index contributed by atoms with van der Waals surface area (Å²) < 4.78 is 0. The molecule has 2 aromatic rings. The van der Waals surface area contributed by atoms with Gasteiger partial charge in [-0.05, 0) is 92.5 Å². The first kappa shape index (κ1) is 36.3. The molecule has 0 aliphatic carbocycles. The lowest BCUT2D eigenvalue weighted by Gasteiger charge is -2.23. The summed E-state index contributed by atoms with van der Waals surface area (Å²) in [4.78, 5) is 63.8. The molecule has 0 aliphatic heterocycles. The number of aliphatic carboxylic acids is 1. The number of carbonyl (C=O) groups excluding carboxylic acids is 4. The Labute approximate surface area is 261 Å². The highest BCUT2D eigenvalue weighted by atomic mass is 32.2. The second-order valence-corrected chi connectivity index (χ2v) is 11.6. The number of Topliss-reactive ketones (excluding diaryl/α,β-unsaturated/α-hetero) is 1. The highest BCUT2D eigenvalue weighted by Crippen LogP contribution is 2.22. The quantitative estimate of drug-likeness (QED) is 0.114. The molecule has 2 rings (SSSR count). The van der Waals surface area contributed by atoms with E-state index in [1.165, 1.54) is 11.8 Å². The highest BCUT2D eigenvalue weighted by molar-refractivity contribution is 7.98. The van der Waals surface area contributed by atoms with Crippen molar-refractivity contribution in [3.8, 4) is 5.75 Å². The fraction of sp³-hybridized carbons (Fsp3) is 0.452. The molecule has 0 radical (unpaired) electrons. The van der Waals surface area contributed by atoms with Crippen LogP contribution in [0.15, 0.2) is 42.5 Å². The molecular weight excluding hydrogens is 586 g/mol. The number of hydrogen-bond donors (Lipinski definition) is 7. The lowest BCUT2D eigenvalue weighted by molar-refractivity contribution is -0.147. The van der Waals surface area contributed by atoms with Gasteiger partial charge < -0.3 is 37.6 Å². The normalized spacial score (nSPS) is 13.7. The van der Waals surface area contributed by atoms with E-state index >= 15 is 0 Å². The van der Waals surface area contributed by atoms with E-state index in [9.17, 15) is 34.2 Å². The first-order valence-electron chi connectivity index (χ1n) is 14.3. The lowest BCUT2D eigenvalue weighted by Crippen LogP contribution is -2.54. The molecule has 240 valence electrons. The number of carboxylic acid groups (broad SMARTS) is 1. The van der Waals surface area contributed by atoms with Gasteiger partial charge in [0.15, 0.2) is 5.78 Å². The molecule has 0 aromatic heterocycles. The van der Waals surface area contributed by atoms with Crippen LogP contribution in [0, 0.1) is 19.8 Å². The van der Waals surface area contributed by atoms with Crippen molar-refractivity contribution in [1.82, 2.24) is 16.0 Å². The minimum absolute atomic E-state index is 0.0221. The average molecular weight is 630 g/mol. The van der Waals surface area contributed by atoms with Crippen LogP contribution in [-0.2, 0) is 36.8 Å². The molecule has 1 unspecified atom stereocenters. The van der Waals surface area contributed by atoms with Crippen molar-refractivity contribution in [3.63, 3.8) is 0 Å². The topological polar surface area (TPSA) is 214 Å². The number of amides is 3. The van der Waals surface area contributed by atoms with Crippen molar-refractivity contribution in [2.45, 2.75) is 57.7 Å². The van der Waals surface area contributed by atoms with Crippen molar-refractivity contribution in [1.29, 1.82) is 0 Å². The number of phenols is 1. The molecule has 4 atom stereocenters. The van der Waals surface area contributed by atoms with Crippen molar-refractivity contribution >= 4 is 41.2 Å². The molecule has 0 fully saturated rings. The molecule has 9 N–H and O–H groups in total. The van der Waals surface area contributed by atoms with Crippen LogP contribution in [0.2, 0.25) is 0 Å². The average Bonchev–Trinajstić information content (AvgIpc) is 2.97. The number of carboxylic acids is 1. The minimum Gasteiger partial charge on any atom is -0.508 e. The second kappa shape index (κ2) is 18.0. The van der Waals surface area contributed by atoms with Crippen molar-refractivity contribution in [2.75, 3.05) is 25.1 Å². The minimum atomic E-state index is -1.40. The molecule has 44 heavy (non-hydrogen) atoms. The maximum Gasteiger partial charge on any atom is 0.314 e. The van der Waals surface area contributed by atoms with E-state index in [0.717, 1.165) is 16.7 Å². The van der Waals surface area contributed by atoms with Crippen LogP contribution in [0.5, 0.6) is 5.75 Å². The maximum absolute atomic E-state index is 13.1. The van der Waals surface area contributed by atoms with E-state index in [4.69, 9.17) is 11.5 Å². The Balaban J connectivity index is 2.08. The third-order valence-electron chi connectivity index (χ3n) is 7.17. The van der Waals surface area contributed by atoms with Crippen LogP contribution >= 0.6 is 11.8 Å². The Morgan fingerprint density at radius 2 is 1.55 bits per heavy atom. The number of thioether (sulfide) groups is 1. The Kier molecular flexibility index (Phi) is 14.8. The highest BCUT2D eigenvalue weighted by Gasteiger charge is 2.33. The van der Waals surface area contributed by atoms with Crippen molar-refractivity contribution in [2.24, 2.45) is 17.4 Å². The van der Waals surface area contributed by atoms with Gasteiger partial charge in [0.25, 0.3) is 0 Å². The van der Waals surface area contributed by atoms with Crippen molar-refractivity contribution < 1.29 is 34.2 Å². The Hall–Kier alpha value is -3.94. The van der Waals surface area contributed by atoms with Gasteiger partial charge in [-0.1, -0.05) is 30.3 Å². The van der Waals surface area contributed by atoms with Gasteiger partial charge in [0.05, 0.1) is 18.6 Å². The zero-order valence-corrected chi connectivity index (χ0v) is 26.1. The summed E-state index contributed by atoms with van der Waals surface area (Å²) in [5, 5.41) is 27.1. The molecule has 0 heterocycles. The van der Waals surface area contributed by atoms with E-state index in [1.54, 1.807) is 42.5 Å². The van der Waals surface area contributed by atoms with Crippen molar-refractivity contribution in [3.05, 3.63) is 64.7 Å². The predicted molar refractivity (Wildman–Crippen MR) is 169 cm³/mol. The summed E-state index contributed by atoms with van der Waals surface area (Å²) in [6.07, 6.45) is 2.29. The number of nitrogens with two attached hydrogens (primary N) is 2.